The summed E-state index contributed by atoms with van der Waals surface area (Å²) in [7, 11) is -3.53. The smallest absolute Gasteiger partial charge is 0.252 e. The van der Waals surface area contributed by atoms with Crippen LogP contribution in [0.2, 0.25) is 4.34 Å². The Hall–Kier alpha value is -1.48. The minimum atomic E-state index is -3.53. The molecule has 1 fully saturated rings. The topological polar surface area (TPSA) is 70.6 Å². The van der Waals surface area contributed by atoms with Crippen LogP contribution < -0.4 is 0 Å². The molecule has 24 heavy (non-hydrogen) atoms. The first kappa shape index (κ1) is 17.3. The standard InChI is InChI=1S/C15H16ClN3O3S2/c16-13-4-5-15(23-13)24(21,22)19-9-7-18(8-10-19)14(20)11-12-3-1-2-6-17-12/h1-6H,7-11H2. The fourth-order valence-electron chi connectivity index (χ4n) is 2.51. The van der Waals surface area contributed by atoms with Gasteiger partial charge in [0, 0.05) is 38.1 Å². The van der Waals surface area contributed by atoms with Crippen LogP contribution in [0.15, 0.2) is 40.7 Å². The number of thiophene rings is 1. The molecule has 0 N–H and O–H groups in total. The Morgan fingerprint density at radius 3 is 2.50 bits per heavy atom. The van der Waals surface area contributed by atoms with Crippen molar-refractivity contribution in [3.05, 3.63) is 46.6 Å². The number of carbonyl (C=O) groups excluding carboxylic acids is 1. The first-order chi connectivity index (χ1) is 11.5. The quantitative estimate of drug-likeness (QED) is 0.805. The molecule has 1 aliphatic rings. The summed E-state index contributed by atoms with van der Waals surface area (Å²) in [4.78, 5) is 18.1. The lowest BCUT2D eigenvalue weighted by Gasteiger charge is -2.33. The van der Waals surface area contributed by atoms with Gasteiger partial charge in [0.2, 0.25) is 5.91 Å². The van der Waals surface area contributed by atoms with Crippen molar-refractivity contribution in [2.75, 3.05) is 26.2 Å². The van der Waals surface area contributed by atoms with Crippen molar-refractivity contribution in [3.8, 4) is 0 Å². The highest BCUT2D eigenvalue weighted by atomic mass is 35.5. The molecule has 0 spiro atoms. The average molecular weight is 386 g/mol. The third-order valence-corrected chi connectivity index (χ3v) is 7.39. The molecule has 128 valence electrons. The lowest BCUT2D eigenvalue weighted by atomic mass is 10.2. The zero-order valence-corrected chi connectivity index (χ0v) is 15.1. The molecule has 2 aromatic rings. The molecular weight excluding hydrogens is 370 g/mol. The van der Waals surface area contributed by atoms with Crippen molar-refractivity contribution < 1.29 is 13.2 Å². The van der Waals surface area contributed by atoms with Gasteiger partial charge in [-0.3, -0.25) is 9.78 Å². The molecule has 1 saturated heterocycles. The van der Waals surface area contributed by atoms with Gasteiger partial charge in [0.1, 0.15) is 4.21 Å². The predicted octanol–water partition coefficient (Wildman–Crippen LogP) is 1.87. The van der Waals surface area contributed by atoms with E-state index in [-0.39, 0.29) is 29.6 Å². The molecule has 0 bridgehead atoms. The SMILES string of the molecule is O=C(Cc1ccccn1)N1CCN(S(=O)(=O)c2ccc(Cl)s2)CC1. The number of sulfonamides is 1. The van der Waals surface area contributed by atoms with Gasteiger partial charge in [-0.25, -0.2) is 8.42 Å². The van der Waals surface area contributed by atoms with E-state index < -0.39 is 10.0 Å². The maximum absolute atomic E-state index is 12.5. The van der Waals surface area contributed by atoms with Gasteiger partial charge in [0.15, 0.2) is 0 Å². The summed E-state index contributed by atoms with van der Waals surface area (Å²) in [5.41, 5.74) is 0.714. The van der Waals surface area contributed by atoms with Crippen LogP contribution >= 0.6 is 22.9 Å². The van der Waals surface area contributed by atoms with Crippen LogP contribution in [-0.4, -0.2) is 54.7 Å². The van der Waals surface area contributed by atoms with Crippen LogP contribution in [0.4, 0.5) is 0 Å². The van der Waals surface area contributed by atoms with Gasteiger partial charge in [-0.05, 0) is 24.3 Å². The van der Waals surface area contributed by atoms with E-state index >= 15 is 0 Å². The lowest BCUT2D eigenvalue weighted by molar-refractivity contribution is -0.131. The number of aromatic nitrogens is 1. The fourth-order valence-corrected chi connectivity index (χ4v) is 5.57. The molecule has 3 heterocycles. The van der Waals surface area contributed by atoms with Gasteiger partial charge in [0.05, 0.1) is 10.8 Å². The summed E-state index contributed by atoms with van der Waals surface area (Å²) < 4.78 is 27.1. The van der Waals surface area contributed by atoms with Crippen LogP contribution in [0.5, 0.6) is 0 Å². The summed E-state index contributed by atoms with van der Waals surface area (Å²) in [5, 5.41) is 0. The Morgan fingerprint density at radius 1 is 1.17 bits per heavy atom. The number of rotatable bonds is 4. The molecule has 9 heteroatoms. The number of halogens is 1. The van der Waals surface area contributed by atoms with Crippen molar-refractivity contribution >= 4 is 38.9 Å². The van der Waals surface area contributed by atoms with Crippen LogP contribution in [-0.2, 0) is 21.2 Å². The molecule has 0 unspecified atom stereocenters. The van der Waals surface area contributed by atoms with Gasteiger partial charge in [-0.15, -0.1) is 11.3 Å². The predicted molar refractivity (Wildman–Crippen MR) is 92.6 cm³/mol. The fraction of sp³-hybridized carbons (Fsp3) is 0.333. The third kappa shape index (κ3) is 3.77. The number of hydrogen-bond donors (Lipinski definition) is 0. The second kappa shape index (κ2) is 7.18. The molecule has 1 amide bonds. The zero-order valence-electron chi connectivity index (χ0n) is 12.8. The average Bonchev–Trinajstić information content (AvgIpc) is 3.03. The molecule has 6 nitrogen and oxygen atoms in total. The molecule has 0 atom stereocenters. The molecule has 2 aromatic heterocycles. The first-order valence-corrected chi connectivity index (χ1v) is 10.0. The van der Waals surface area contributed by atoms with Crippen molar-refractivity contribution in [1.82, 2.24) is 14.2 Å². The highest BCUT2D eigenvalue weighted by Crippen LogP contribution is 2.28. The van der Waals surface area contributed by atoms with Crippen LogP contribution in [0.3, 0.4) is 0 Å². The Morgan fingerprint density at radius 2 is 1.92 bits per heavy atom. The van der Waals surface area contributed by atoms with Gasteiger partial charge >= 0.3 is 0 Å². The summed E-state index contributed by atoms with van der Waals surface area (Å²) in [5.74, 6) is -0.0371. The summed E-state index contributed by atoms with van der Waals surface area (Å²) in [6, 6.07) is 8.53. The largest absolute Gasteiger partial charge is 0.340 e. The number of nitrogens with zero attached hydrogens (tertiary/aromatic N) is 3. The summed E-state index contributed by atoms with van der Waals surface area (Å²) in [6.45, 7) is 1.33. The molecule has 0 saturated carbocycles. The van der Waals surface area contributed by atoms with Gasteiger partial charge < -0.3 is 4.90 Å². The summed E-state index contributed by atoms with van der Waals surface area (Å²) in [6.07, 6.45) is 1.88. The Labute approximate surface area is 149 Å². The number of carbonyl (C=O) groups is 1. The van der Waals surface area contributed by atoms with Crippen molar-refractivity contribution in [2.24, 2.45) is 0 Å². The minimum Gasteiger partial charge on any atom is -0.340 e. The van der Waals surface area contributed by atoms with Crippen molar-refractivity contribution in [1.29, 1.82) is 0 Å². The van der Waals surface area contributed by atoms with E-state index in [1.165, 1.54) is 10.4 Å². The number of amides is 1. The molecule has 0 aromatic carbocycles. The molecule has 0 aliphatic carbocycles. The highest BCUT2D eigenvalue weighted by Gasteiger charge is 2.31. The molecule has 3 rings (SSSR count). The zero-order chi connectivity index (χ0) is 17.2. The second-order valence-electron chi connectivity index (χ2n) is 5.34. The van der Waals surface area contributed by atoms with Gasteiger partial charge in [-0.2, -0.15) is 4.31 Å². The van der Waals surface area contributed by atoms with Gasteiger partial charge in [-0.1, -0.05) is 17.7 Å². The number of hydrogen-bond acceptors (Lipinski definition) is 5. The Bertz CT molecular complexity index is 815. The monoisotopic (exact) mass is 385 g/mol. The van der Waals surface area contributed by atoms with Gasteiger partial charge in [0.25, 0.3) is 10.0 Å². The molecule has 1 aliphatic heterocycles. The second-order valence-corrected chi connectivity index (χ2v) is 9.22. The van der Waals surface area contributed by atoms with Crippen molar-refractivity contribution in [2.45, 2.75) is 10.6 Å². The first-order valence-electron chi connectivity index (χ1n) is 7.40. The lowest BCUT2D eigenvalue weighted by Crippen LogP contribution is -2.50. The van der Waals surface area contributed by atoms with Crippen LogP contribution in [0.1, 0.15) is 5.69 Å². The molecular formula is C15H16ClN3O3S2. The summed E-state index contributed by atoms with van der Waals surface area (Å²) >= 11 is 6.87. The maximum atomic E-state index is 12.5. The number of pyridine rings is 1. The van der Waals surface area contributed by atoms with E-state index in [9.17, 15) is 13.2 Å². The van der Waals surface area contributed by atoms with E-state index in [0.717, 1.165) is 11.3 Å². The van der Waals surface area contributed by atoms with E-state index in [1.807, 2.05) is 6.07 Å². The maximum Gasteiger partial charge on any atom is 0.252 e. The van der Waals surface area contributed by atoms with E-state index in [0.29, 0.717) is 23.1 Å². The number of piperazine rings is 1. The van der Waals surface area contributed by atoms with E-state index in [1.54, 1.807) is 29.3 Å². The Balaban J connectivity index is 1.60. The third-order valence-electron chi connectivity index (χ3n) is 3.79. The van der Waals surface area contributed by atoms with Crippen molar-refractivity contribution in [3.63, 3.8) is 0 Å². The van der Waals surface area contributed by atoms with E-state index in [2.05, 4.69) is 4.98 Å². The van der Waals surface area contributed by atoms with Crippen LogP contribution in [0, 0.1) is 0 Å². The Kier molecular flexibility index (Phi) is 5.19. The molecule has 0 radical (unpaired) electrons. The van der Waals surface area contributed by atoms with Crippen LogP contribution in [0.25, 0.3) is 0 Å². The highest BCUT2D eigenvalue weighted by molar-refractivity contribution is 7.91. The van der Waals surface area contributed by atoms with E-state index in [4.69, 9.17) is 11.6 Å². The minimum absolute atomic E-state index is 0.0371. The normalized spacial score (nSPS) is 16.3.